The quantitative estimate of drug-likeness (QED) is 0.787. The third-order valence-electron chi connectivity index (χ3n) is 2.47. The first-order valence-electron chi connectivity index (χ1n) is 6.27. The van der Waals surface area contributed by atoms with E-state index in [1.54, 1.807) is 0 Å². The number of aryl methyl sites for hydroxylation is 1. The van der Waals surface area contributed by atoms with Crippen molar-refractivity contribution in [3.63, 3.8) is 0 Å². The highest BCUT2D eigenvalue weighted by atomic mass is 14.6. The molecule has 1 rings (SSSR count). The van der Waals surface area contributed by atoms with Crippen LogP contribution >= 0.6 is 0 Å². The Morgan fingerprint density at radius 1 is 1.18 bits per heavy atom. The zero-order valence-electron chi connectivity index (χ0n) is 11.2. The predicted molar refractivity (Wildman–Crippen MR) is 74.6 cm³/mol. The molecule has 0 aliphatic heterocycles. The van der Waals surface area contributed by atoms with Crippen molar-refractivity contribution in [3.05, 3.63) is 35.9 Å². The van der Waals surface area contributed by atoms with Gasteiger partial charge in [-0.1, -0.05) is 36.3 Å². The van der Waals surface area contributed by atoms with Gasteiger partial charge in [-0.05, 0) is 39.2 Å². The lowest BCUT2D eigenvalue weighted by atomic mass is 9.97. The van der Waals surface area contributed by atoms with Gasteiger partial charge in [0.15, 0.2) is 0 Å². The summed E-state index contributed by atoms with van der Waals surface area (Å²) in [5.41, 5.74) is 7.48. The van der Waals surface area contributed by atoms with Gasteiger partial charge in [0.1, 0.15) is 0 Å². The Kier molecular flexibility index (Phi) is 5.25. The lowest BCUT2D eigenvalue weighted by molar-refractivity contribution is 0.567. The second kappa shape index (κ2) is 6.47. The highest BCUT2D eigenvalue weighted by Crippen LogP contribution is 2.10. The summed E-state index contributed by atoms with van der Waals surface area (Å²) in [5.74, 6) is 6.41. The molecule has 1 atom stereocenters. The molecule has 0 heterocycles. The van der Waals surface area contributed by atoms with Crippen LogP contribution in [0.1, 0.15) is 39.2 Å². The van der Waals surface area contributed by atoms with Crippen molar-refractivity contribution in [1.29, 1.82) is 0 Å². The van der Waals surface area contributed by atoms with E-state index in [0.717, 1.165) is 19.3 Å². The molecular weight excluding hydrogens is 206 g/mol. The molecular formula is C16H23N. The highest BCUT2D eigenvalue weighted by Gasteiger charge is 2.04. The Balaban J connectivity index is 2.30. The van der Waals surface area contributed by atoms with Crippen LogP contribution in [0, 0.1) is 17.3 Å². The molecule has 92 valence electrons. The first kappa shape index (κ1) is 13.8. The van der Waals surface area contributed by atoms with Gasteiger partial charge in [-0.2, -0.15) is 0 Å². The molecule has 1 unspecified atom stereocenters. The van der Waals surface area contributed by atoms with Gasteiger partial charge in [0.05, 0.1) is 0 Å². The van der Waals surface area contributed by atoms with E-state index in [4.69, 9.17) is 5.73 Å². The number of nitrogens with two attached hydrogens (primary N) is 1. The van der Waals surface area contributed by atoms with Crippen molar-refractivity contribution < 1.29 is 0 Å². The molecule has 17 heavy (non-hydrogen) atoms. The van der Waals surface area contributed by atoms with Gasteiger partial charge in [0, 0.05) is 17.9 Å². The Bertz CT molecular complexity index is 375. The minimum absolute atomic E-state index is 0.0825. The summed E-state index contributed by atoms with van der Waals surface area (Å²) >= 11 is 0. The lowest BCUT2D eigenvalue weighted by Crippen LogP contribution is -2.20. The van der Waals surface area contributed by atoms with E-state index in [1.165, 1.54) is 5.56 Å². The molecule has 0 bridgehead atoms. The molecule has 1 nitrogen and oxygen atoms in total. The molecule has 1 aromatic carbocycles. The molecule has 0 aliphatic carbocycles. The molecule has 0 saturated heterocycles. The molecule has 1 heteroatoms. The molecule has 1 aromatic rings. The van der Waals surface area contributed by atoms with Crippen molar-refractivity contribution >= 4 is 0 Å². The van der Waals surface area contributed by atoms with E-state index in [0.29, 0.717) is 0 Å². The second-order valence-electron chi connectivity index (χ2n) is 5.54. The smallest absolute Gasteiger partial charge is 0.0241 e. The van der Waals surface area contributed by atoms with Crippen molar-refractivity contribution in [2.75, 3.05) is 0 Å². The molecule has 0 fully saturated rings. The summed E-state index contributed by atoms with van der Waals surface area (Å²) in [6.45, 7) is 6.36. The minimum Gasteiger partial charge on any atom is -0.327 e. The maximum absolute atomic E-state index is 6.05. The molecule has 0 saturated carbocycles. The van der Waals surface area contributed by atoms with Crippen LogP contribution in [0.15, 0.2) is 30.3 Å². The molecule has 0 aromatic heterocycles. The van der Waals surface area contributed by atoms with E-state index >= 15 is 0 Å². The number of rotatable bonds is 4. The third-order valence-corrected chi connectivity index (χ3v) is 2.47. The van der Waals surface area contributed by atoms with Crippen LogP contribution in [0.5, 0.6) is 0 Å². The highest BCUT2D eigenvalue weighted by molar-refractivity contribution is 5.15. The first-order chi connectivity index (χ1) is 7.97. The van der Waals surface area contributed by atoms with E-state index in [1.807, 2.05) is 6.07 Å². The van der Waals surface area contributed by atoms with Crippen LogP contribution in [0.25, 0.3) is 0 Å². The zero-order chi connectivity index (χ0) is 12.7. The topological polar surface area (TPSA) is 26.0 Å². The normalized spacial score (nSPS) is 12.7. The zero-order valence-corrected chi connectivity index (χ0v) is 11.2. The lowest BCUT2D eigenvalue weighted by Gasteiger charge is -2.09. The maximum Gasteiger partial charge on any atom is 0.0241 e. The van der Waals surface area contributed by atoms with Crippen LogP contribution in [0.2, 0.25) is 0 Å². The van der Waals surface area contributed by atoms with Crippen molar-refractivity contribution in [2.24, 2.45) is 11.1 Å². The molecule has 0 aliphatic rings. The Morgan fingerprint density at radius 3 is 2.41 bits per heavy atom. The number of hydrogen-bond donors (Lipinski definition) is 1. The standard InChI is InChI=1S/C16H23N/c1-16(2,3)13-7-10-15(17)12-11-14-8-5-4-6-9-14/h4-6,8-9,15H,10-12,17H2,1-3H3. The van der Waals surface area contributed by atoms with E-state index in [-0.39, 0.29) is 11.5 Å². The van der Waals surface area contributed by atoms with Gasteiger partial charge >= 0.3 is 0 Å². The number of benzene rings is 1. The minimum atomic E-state index is 0.0825. The largest absolute Gasteiger partial charge is 0.327 e. The fourth-order valence-electron chi connectivity index (χ4n) is 1.55. The summed E-state index contributed by atoms with van der Waals surface area (Å²) < 4.78 is 0. The van der Waals surface area contributed by atoms with Crippen LogP contribution < -0.4 is 5.73 Å². The summed E-state index contributed by atoms with van der Waals surface area (Å²) in [5, 5.41) is 0. The van der Waals surface area contributed by atoms with Gasteiger partial charge in [-0.3, -0.25) is 0 Å². The van der Waals surface area contributed by atoms with Crippen molar-refractivity contribution in [1.82, 2.24) is 0 Å². The SMILES string of the molecule is CC(C)(C)C#CCC(N)CCc1ccccc1. The second-order valence-corrected chi connectivity index (χ2v) is 5.54. The van der Waals surface area contributed by atoms with E-state index < -0.39 is 0 Å². The maximum atomic E-state index is 6.05. The van der Waals surface area contributed by atoms with Gasteiger partial charge in [0.2, 0.25) is 0 Å². The average molecular weight is 229 g/mol. The summed E-state index contributed by atoms with van der Waals surface area (Å²) in [4.78, 5) is 0. The van der Waals surface area contributed by atoms with E-state index in [2.05, 4.69) is 56.9 Å². The number of hydrogen-bond acceptors (Lipinski definition) is 1. The third kappa shape index (κ3) is 6.81. The molecule has 0 amide bonds. The van der Waals surface area contributed by atoms with Gasteiger partial charge in [-0.15, -0.1) is 5.92 Å². The summed E-state index contributed by atoms with van der Waals surface area (Å²) in [6.07, 6.45) is 2.84. The summed E-state index contributed by atoms with van der Waals surface area (Å²) in [6, 6.07) is 10.7. The molecule has 2 N–H and O–H groups in total. The van der Waals surface area contributed by atoms with Crippen LogP contribution in [-0.2, 0) is 6.42 Å². The fourth-order valence-corrected chi connectivity index (χ4v) is 1.55. The monoisotopic (exact) mass is 229 g/mol. The Labute approximate surface area is 105 Å². The van der Waals surface area contributed by atoms with Crippen LogP contribution in [0.3, 0.4) is 0 Å². The van der Waals surface area contributed by atoms with Crippen LogP contribution in [-0.4, -0.2) is 6.04 Å². The molecule has 0 radical (unpaired) electrons. The average Bonchev–Trinajstić information content (AvgIpc) is 2.26. The fraction of sp³-hybridized carbons (Fsp3) is 0.500. The van der Waals surface area contributed by atoms with Gasteiger partial charge in [0.25, 0.3) is 0 Å². The summed E-state index contributed by atoms with van der Waals surface area (Å²) in [7, 11) is 0. The Hall–Kier alpha value is -1.26. The van der Waals surface area contributed by atoms with Gasteiger partial charge in [-0.25, -0.2) is 0 Å². The van der Waals surface area contributed by atoms with Gasteiger partial charge < -0.3 is 5.73 Å². The van der Waals surface area contributed by atoms with E-state index in [9.17, 15) is 0 Å². The van der Waals surface area contributed by atoms with Crippen LogP contribution in [0.4, 0.5) is 0 Å². The first-order valence-corrected chi connectivity index (χ1v) is 6.27. The Morgan fingerprint density at radius 2 is 1.82 bits per heavy atom. The molecule has 0 spiro atoms. The van der Waals surface area contributed by atoms with Crippen molar-refractivity contribution in [2.45, 2.75) is 46.1 Å². The predicted octanol–water partition coefficient (Wildman–Crippen LogP) is 3.39. The van der Waals surface area contributed by atoms with Crippen molar-refractivity contribution in [3.8, 4) is 11.8 Å².